The topological polar surface area (TPSA) is 72.9 Å². The van der Waals surface area contributed by atoms with Crippen LogP contribution < -0.4 is 4.90 Å². The second-order valence-corrected chi connectivity index (χ2v) is 6.67. The van der Waals surface area contributed by atoms with Crippen LogP contribution in [0.5, 0.6) is 0 Å². The Labute approximate surface area is 145 Å². The number of nitrogens with zero attached hydrogens (tertiary/aromatic N) is 1. The van der Waals surface area contributed by atoms with Crippen LogP contribution >= 0.6 is 0 Å². The smallest absolute Gasteiger partial charge is 0.302 e. The van der Waals surface area contributed by atoms with E-state index in [4.69, 9.17) is 9.47 Å². The van der Waals surface area contributed by atoms with E-state index in [0.29, 0.717) is 5.69 Å². The molecule has 1 aromatic rings. The van der Waals surface area contributed by atoms with Crippen molar-refractivity contribution in [1.82, 2.24) is 0 Å². The van der Waals surface area contributed by atoms with Gasteiger partial charge in [-0.25, -0.2) is 4.90 Å². The number of anilines is 1. The molecule has 6 nitrogen and oxygen atoms in total. The van der Waals surface area contributed by atoms with Gasteiger partial charge in [-0.1, -0.05) is 31.2 Å². The quantitative estimate of drug-likeness (QED) is 0.473. The number of hydrogen-bond donors (Lipinski definition) is 0. The molecule has 0 unspecified atom stereocenters. The first kappa shape index (κ1) is 16.0. The highest BCUT2D eigenvalue weighted by atomic mass is 16.6. The lowest BCUT2D eigenvalue weighted by atomic mass is 9.77. The van der Waals surface area contributed by atoms with Crippen LogP contribution in [0.1, 0.15) is 19.4 Å². The molecule has 0 saturated carbocycles. The lowest BCUT2D eigenvalue weighted by Crippen LogP contribution is -2.44. The van der Waals surface area contributed by atoms with Gasteiger partial charge in [0.1, 0.15) is 12.2 Å². The van der Waals surface area contributed by atoms with E-state index in [1.54, 1.807) is 18.2 Å². The molecule has 2 bridgehead atoms. The average Bonchev–Trinajstić information content (AvgIpc) is 3.24. The zero-order valence-electron chi connectivity index (χ0n) is 14.1. The number of carbonyl (C=O) groups is 3. The highest BCUT2D eigenvalue weighted by Crippen LogP contribution is 2.52. The minimum Gasteiger partial charge on any atom is -0.462 e. The minimum atomic E-state index is -1.04. The van der Waals surface area contributed by atoms with Gasteiger partial charge >= 0.3 is 5.97 Å². The van der Waals surface area contributed by atoms with Crippen molar-refractivity contribution in [3.8, 4) is 0 Å². The monoisotopic (exact) mass is 341 g/mol. The Morgan fingerprint density at radius 2 is 2.04 bits per heavy atom. The van der Waals surface area contributed by atoms with Crippen molar-refractivity contribution < 1.29 is 23.9 Å². The Morgan fingerprint density at radius 1 is 1.28 bits per heavy atom. The molecular formula is C19H19NO5. The van der Waals surface area contributed by atoms with E-state index >= 15 is 0 Å². The molecule has 2 fully saturated rings. The van der Waals surface area contributed by atoms with Crippen LogP contribution in [0.25, 0.3) is 0 Å². The Hall–Kier alpha value is -2.47. The van der Waals surface area contributed by atoms with Gasteiger partial charge in [0, 0.05) is 6.92 Å². The number of amides is 2. The molecule has 25 heavy (non-hydrogen) atoms. The number of hydrogen-bond acceptors (Lipinski definition) is 5. The molecule has 0 spiro atoms. The first-order chi connectivity index (χ1) is 12.0. The van der Waals surface area contributed by atoms with Crippen molar-refractivity contribution in [2.45, 2.75) is 32.0 Å². The Kier molecular flexibility index (Phi) is 3.54. The molecule has 3 aliphatic rings. The van der Waals surface area contributed by atoms with Crippen molar-refractivity contribution in [2.24, 2.45) is 11.8 Å². The molecule has 0 radical (unpaired) electrons. The van der Waals surface area contributed by atoms with Crippen LogP contribution in [0, 0.1) is 11.8 Å². The van der Waals surface area contributed by atoms with E-state index < -0.39 is 29.5 Å². The number of fused-ring (bicyclic) bond motifs is 5. The predicted molar refractivity (Wildman–Crippen MR) is 88.7 cm³/mol. The van der Waals surface area contributed by atoms with Crippen molar-refractivity contribution >= 4 is 23.5 Å². The maximum atomic E-state index is 13.2. The predicted octanol–water partition coefficient (Wildman–Crippen LogP) is 1.63. The summed E-state index contributed by atoms with van der Waals surface area (Å²) in [4.78, 5) is 38.7. The number of carbonyl (C=O) groups excluding carboxylic acids is 3. The summed E-state index contributed by atoms with van der Waals surface area (Å²) in [5, 5.41) is 0. The van der Waals surface area contributed by atoms with Crippen molar-refractivity contribution in [2.75, 3.05) is 11.5 Å². The third-order valence-electron chi connectivity index (χ3n) is 5.27. The van der Waals surface area contributed by atoms with Gasteiger partial charge in [-0.05, 0) is 24.1 Å². The van der Waals surface area contributed by atoms with Crippen molar-refractivity contribution in [1.29, 1.82) is 0 Å². The molecule has 2 saturated heterocycles. The zero-order valence-corrected chi connectivity index (χ0v) is 14.1. The first-order valence-corrected chi connectivity index (χ1v) is 8.45. The fourth-order valence-corrected chi connectivity index (χ4v) is 4.15. The Morgan fingerprint density at radius 3 is 2.76 bits per heavy atom. The number of ether oxygens (including phenoxy) is 2. The van der Waals surface area contributed by atoms with Crippen LogP contribution in [0.4, 0.5) is 5.69 Å². The molecule has 6 heteroatoms. The van der Waals surface area contributed by atoms with Gasteiger partial charge < -0.3 is 9.47 Å². The summed E-state index contributed by atoms with van der Waals surface area (Å²) >= 11 is 0. The number of benzene rings is 1. The highest BCUT2D eigenvalue weighted by molar-refractivity contribution is 6.23. The molecule has 0 aliphatic carbocycles. The van der Waals surface area contributed by atoms with Gasteiger partial charge in [0.25, 0.3) is 0 Å². The molecule has 4 rings (SSSR count). The summed E-state index contributed by atoms with van der Waals surface area (Å²) in [6, 6.07) is 7.43. The van der Waals surface area contributed by atoms with Crippen molar-refractivity contribution in [3.63, 3.8) is 0 Å². The average molecular weight is 341 g/mol. The summed E-state index contributed by atoms with van der Waals surface area (Å²) in [5.74, 6) is -2.18. The molecule has 130 valence electrons. The van der Waals surface area contributed by atoms with E-state index in [1.165, 1.54) is 11.8 Å². The van der Waals surface area contributed by atoms with Crippen LogP contribution in [-0.2, 0) is 30.3 Å². The summed E-state index contributed by atoms with van der Waals surface area (Å²) in [5.41, 5.74) is 0.541. The third kappa shape index (κ3) is 2.17. The lowest BCUT2D eigenvalue weighted by molar-refractivity contribution is -0.150. The number of para-hydroxylation sites is 1. The third-order valence-corrected chi connectivity index (χ3v) is 5.27. The van der Waals surface area contributed by atoms with E-state index in [-0.39, 0.29) is 18.4 Å². The second-order valence-electron chi connectivity index (χ2n) is 6.67. The van der Waals surface area contributed by atoms with E-state index in [1.807, 2.05) is 25.1 Å². The maximum absolute atomic E-state index is 13.2. The zero-order chi connectivity index (χ0) is 17.8. The van der Waals surface area contributed by atoms with Crippen molar-refractivity contribution in [3.05, 3.63) is 42.0 Å². The molecule has 1 aromatic carbocycles. The van der Waals surface area contributed by atoms with Crippen LogP contribution in [0.2, 0.25) is 0 Å². The minimum absolute atomic E-state index is 0.0568. The highest BCUT2D eigenvalue weighted by Gasteiger charge is 2.68. The number of aryl methyl sites for hydroxylation is 1. The molecule has 4 atom stereocenters. The molecular weight excluding hydrogens is 322 g/mol. The fraction of sp³-hybridized carbons (Fsp3) is 0.421. The molecule has 0 aromatic heterocycles. The molecule has 2 amide bonds. The second kappa shape index (κ2) is 5.52. The first-order valence-electron chi connectivity index (χ1n) is 8.45. The van der Waals surface area contributed by atoms with Gasteiger partial charge in [0.05, 0.1) is 23.6 Å². The van der Waals surface area contributed by atoms with Gasteiger partial charge in [0.15, 0.2) is 0 Å². The lowest BCUT2D eigenvalue weighted by Gasteiger charge is -2.28. The summed E-state index contributed by atoms with van der Waals surface area (Å²) < 4.78 is 11.0. The molecule has 0 N–H and O–H groups in total. The Bertz CT molecular complexity index is 801. The van der Waals surface area contributed by atoms with Gasteiger partial charge in [-0.2, -0.15) is 0 Å². The van der Waals surface area contributed by atoms with Crippen LogP contribution in [0.3, 0.4) is 0 Å². The van der Waals surface area contributed by atoms with Crippen LogP contribution in [-0.4, -0.2) is 36.1 Å². The summed E-state index contributed by atoms with van der Waals surface area (Å²) in [7, 11) is 0. The SMILES string of the molecule is CCc1ccccc1N1C(=O)[C@H]2[C@@H](C1=O)[C@@]1(COC(C)=O)C=C[C@H]2O1. The van der Waals surface area contributed by atoms with Gasteiger partial charge in [0.2, 0.25) is 11.8 Å². The van der Waals surface area contributed by atoms with Gasteiger partial charge in [-0.3, -0.25) is 14.4 Å². The van der Waals surface area contributed by atoms with E-state index in [0.717, 1.165) is 12.0 Å². The fourth-order valence-electron chi connectivity index (χ4n) is 4.15. The normalized spacial score (nSPS) is 32.4. The number of imide groups is 1. The Balaban J connectivity index is 1.72. The van der Waals surface area contributed by atoms with E-state index in [2.05, 4.69) is 0 Å². The number of rotatable bonds is 4. The maximum Gasteiger partial charge on any atom is 0.302 e. The summed E-state index contributed by atoms with van der Waals surface area (Å²) in [6.45, 7) is 3.24. The molecule has 3 aliphatic heterocycles. The largest absolute Gasteiger partial charge is 0.462 e. The number of esters is 1. The standard InChI is InChI=1S/C19H19NO5/c1-3-12-6-4-5-7-13(12)20-17(22)15-14-8-9-19(25-14,10-24-11(2)21)16(15)18(20)23/h4-9,14-16H,3,10H2,1-2H3/t14-,15-,16+,19+/m1/s1. The summed E-state index contributed by atoms with van der Waals surface area (Å²) in [6.07, 6.45) is 3.84. The molecule has 3 heterocycles. The van der Waals surface area contributed by atoms with E-state index in [9.17, 15) is 14.4 Å². The van der Waals surface area contributed by atoms with Gasteiger partial charge in [-0.15, -0.1) is 0 Å². The van der Waals surface area contributed by atoms with Crippen LogP contribution in [0.15, 0.2) is 36.4 Å².